The number of nitrogens with one attached hydrogen (secondary N) is 1. The fourth-order valence-electron chi connectivity index (χ4n) is 1.52. The normalized spacial score (nSPS) is 13.4. The summed E-state index contributed by atoms with van der Waals surface area (Å²) in [4.78, 5) is 0. The van der Waals surface area contributed by atoms with E-state index in [0.717, 1.165) is 18.6 Å². The van der Waals surface area contributed by atoms with Gasteiger partial charge in [0.2, 0.25) is 0 Å². The standard InChI is InChI=1S/C11H19NO2/c1-3-9(4-2)12-10(8-13)11-6-5-7-14-11/h5-7,9-10,12-13H,3-4,8H2,1-2H3. The Morgan fingerprint density at radius 3 is 2.57 bits per heavy atom. The van der Waals surface area contributed by atoms with Crippen molar-refractivity contribution in [2.75, 3.05) is 6.61 Å². The Morgan fingerprint density at radius 1 is 1.43 bits per heavy atom. The van der Waals surface area contributed by atoms with Crippen molar-refractivity contribution in [2.24, 2.45) is 0 Å². The molecule has 1 atom stereocenters. The average Bonchev–Trinajstić information content (AvgIpc) is 2.73. The first kappa shape index (κ1) is 11.3. The van der Waals surface area contributed by atoms with Gasteiger partial charge in [0.25, 0.3) is 0 Å². The number of furan rings is 1. The molecule has 0 aliphatic rings. The first-order chi connectivity index (χ1) is 6.81. The van der Waals surface area contributed by atoms with Gasteiger partial charge in [-0.1, -0.05) is 13.8 Å². The molecule has 1 heterocycles. The van der Waals surface area contributed by atoms with Crippen LogP contribution < -0.4 is 5.32 Å². The van der Waals surface area contributed by atoms with Gasteiger partial charge in [0.15, 0.2) is 0 Å². The monoisotopic (exact) mass is 197 g/mol. The van der Waals surface area contributed by atoms with Gasteiger partial charge in [-0.3, -0.25) is 0 Å². The molecule has 1 aromatic rings. The molecule has 0 aliphatic carbocycles. The maximum atomic E-state index is 9.22. The van der Waals surface area contributed by atoms with Gasteiger partial charge in [-0.05, 0) is 25.0 Å². The molecule has 1 aromatic heterocycles. The van der Waals surface area contributed by atoms with Gasteiger partial charge >= 0.3 is 0 Å². The lowest BCUT2D eigenvalue weighted by Crippen LogP contribution is -2.33. The van der Waals surface area contributed by atoms with Gasteiger partial charge in [-0.15, -0.1) is 0 Å². The molecule has 0 aromatic carbocycles. The van der Waals surface area contributed by atoms with Crippen LogP contribution >= 0.6 is 0 Å². The lowest BCUT2D eigenvalue weighted by molar-refractivity contribution is 0.212. The fourth-order valence-corrected chi connectivity index (χ4v) is 1.52. The molecule has 0 fully saturated rings. The topological polar surface area (TPSA) is 45.4 Å². The molecule has 3 nitrogen and oxygen atoms in total. The quantitative estimate of drug-likeness (QED) is 0.734. The van der Waals surface area contributed by atoms with Crippen molar-refractivity contribution >= 4 is 0 Å². The summed E-state index contributed by atoms with van der Waals surface area (Å²) >= 11 is 0. The summed E-state index contributed by atoms with van der Waals surface area (Å²) in [7, 11) is 0. The Hall–Kier alpha value is -0.800. The Morgan fingerprint density at radius 2 is 2.14 bits per heavy atom. The minimum Gasteiger partial charge on any atom is -0.468 e. The SMILES string of the molecule is CCC(CC)NC(CO)c1ccco1. The van der Waals surface area contributed by atoms with Gasteiger partial charge in [0, 0.05) is 6.04 Å². The Labute approximate surface area is 85.1 Å². The molecule has 0 spiro atoms. The van der Waals surface area contributed by atoms with Crippen molar-refractivity contribution in [2.45, 2.75) is 38.8 Å². The number of rotatable bonds is 6. The van der Waals surface area contributed by atoms with Gasteiger partial charge in [0.1, 0.15) is 5.76 Å². The van der Waals surface area contributed by atoms with Crippen LogP contribution in [0.5, 0.6) is 0 Å². The van der Waals surface area contributed by atoms with E-state index in [1.807, 2.05) is 12.1 Å². The minimum atomic E-state index is -0.0742. The molecule has 0 bridgehead atoms. The van der Waals surface area contributed by atoms with Crippen LogP contribution in [0.2, 0.25) is 0 Å². The minimum absolute atomic E-state index is 0.0734. The second-order valence-corrected chi connectivity index (χ2v) is 3.43. The number of hydrogen-bond donors (Lipinski definition) is 2. The van der Waals surface area contributed by atoms with Gasteiger partial charge in [-0.25, -0.2) is 0 Å². The molecular formula is C11H19NO2. The second-order valence-electron chi connectivity index (χ2n) is 3.43. The highest BCUT2D eigenvalue weighted by Gasteiger charge is 2.15. The van der Waals surface area contributed by atoms with Crippen LogP contribution in [-0.2, 0) is 0 Å². The van der Waals surface area contributed by atoms with E-state index in [4.69, 9.17) is 4.42 Å². The Bertz CT molecular complexity index is 229. The Kier molecular flexibility index (Phi) is 4.70. The molecule has 14 heavy (non-hydrogen) atoms. The number of aliphatic hydroxyl groups excluding tert-OH is 1. The third-order valence-electron chi connectivity index (χ3n) is 2.49. The lowest BCUT2D eigenvalue weighted by Gasteiger charge is -2.20. The zero-order valence-corrected chi connectivity index (χ0v) is 8.86. The lowest BCUT2D eigenvalue weighted by atomic mass is 10.1. The molecule has 0 saturated heterocycles. The van der Waals surface area contributed by atoms with E-state index in [-0.39, 0.29) is 12.6 Å². The smallest absolute Gasteiger partial charge is 0.123 e. The van der Waals surface area contributed by atoms with Crippen molar-refractivity contribution in [3.63, 3.8) is 0 Å². The predicted octanol–water partition coefficient (Wildman–Crippen LogP) is 2.09. The van der Waals surface area contributed by atoms with Gasteiger partial charge < -0.3 is 14.8 Å². The van der Waals surface area contributed by atoms with Crippen LogP contribution in [-0.4, -0.2) is 17.8 Å². The average molecular weight is 197 g/mol. The van der Waals surface area contributed by atoms with Crippen molar-refractivity contribution in [1.29, 1.82) is 0 Å². The van der Waals surface area contributed by atoms with Crippen LogP contribution in [0.15, 0.2) is 22.8 Å². The molecule has 80 valence electrons. The van der Waals surface area contributed by atoms with Crippen LogP contribution in [0.1, 0.15) is 38.5 Å². The van der Waals surface area contributed by atoms with E-state index in [1.165, 1.54) is 0 Å². The van der Waals surface area contributed by atoms with Crippen molar-refractivity contribution in [3.05, 3.63) is 24.2 Å². The molecule has 0 aliphatic heterocycles. The molecule has 1 unspecified atom stereocenters. The molecule has 3 heteroatoms. The molecular weight excluding hydrogens is 178 g/mol. The largest absolute Gasteiger partial charge is 0.468 e. The molecule has 0 radical (unpaired) electrons. The summed E-state index contributed by atoms with van der Waals surface area (Å²) in [5.41, 5.74) is 0. The molecule has 2 N–H and O–H groups in total. The maximum absolute atomic E-state index is 9.22. The highest BCUT2D eigenvalue weighted by molar-refractivity contribution is 5.04. The van der Waals surface area contributed by atoms with Crippen LogP contribution in [0.4, 0.5) is 0 Å². The van der Waals surface area contributed by atoms with Crippen molar-refractivity contribution in [1.82, 2.24) is 5.32 Å². The summed E-state index contributed by atoms with van der Waals surface area (Å²) in [6.45, 7) is 4.35. The summed E-state index contributed by atoms with van der Waals surface area (Å²) in [6, 6.07) is 4.09. The second kappa shape index (κ2) is 5.83. The van der Waals surface area contributed by atoms with Crippen LogP contribution in [0.25, 0.3) is 0 Å². The van der Waals surface area contributed by atoms with Crippen LogP contribution in [0, 0.1) is 0 Å². The molecule has 1 rings (SSSR count). The zero-order chi connectivity index (χ0) is 10.4. The van der Waals surface area contributed by atoms with E-state index in [2.05, 4.69) is 19.2 Å². The van der Waals surface area contributed by atoms with Crippen molar-refractivity contribution in [3.8, 4) is 0 Å². The van der Waals surface area contributed by atoms with Crippen LogP contribution in [0.3, 0.4) is 0 Å². The fraction of sp³-hybridized carbons (Fsp3) is 0.636. The summed E-state index contributed by atoms with van der Waals surface area (Å²) in [5.74, 6) is 0.805. The summed E-state index contributed by atoms with van der Waals surface area (Å²) in [6.07, 6.45) is 3.76. The van der Waals surface area contributed by atoms with E-state index in [1.54, 1.807) is 6.26 Å². The number of aliphatic hydroxyl groups is 1. The van der Waals surface area contributed by atoms with E-state index in [9.17, 15) is 5.11 Å². The third-order valence-corrected chi connectivity index (χ3v) is 2.49. The Balaban J connectivity index is 2.55. The highest BCUT2D eigenvalue weighted by Crippen LogP contribution is 2.14. The summed E-state index contributed by atoms with van der Waals surface area (Å²) < 4.78 is 5.25. The van der Waals surface area contributed by atoms with Gasteiger partial charge in [-0.2, -0.15) is 0 Å². The highest BCUT2D eigenvalue weighted by atomic mass is 16.3. The first-order valence-electron chi connectivity index (χ1n) is 5.22. The van der Waals surface area contributed by atoms with Gasteiger partial charge in [0.05, 0.1) is 18.9 Å². The number of hydrogen-bond acceptors (Lipinski definition) is 3. The van der Waals surface area contributed by atoms with Crippen molar-refractivity contribution < 1.29 is 9.52 Å². The first-order valence-corrected chi connectivity index (χ1v) is 5.22. The molecule has 0 amide bonds. The zero-order valence-electron chi connectivity index (χ0n) is 8.86. The predicted molar refractivity (Wildman–Crippen MR) is 56.0 cm³/mol. The maximum Gasteiger partial charge on any atom is 0.123 e. The van der Waals surface area contributed by atoms with E-state index in [0.29, 0.717) is 6.04 Å². The van der Waals surface area contributed by atoms with E-state index < -0.39 is 0 Å². The summed E-state index contributed by atoms with van der Waals surface area (Å²) in [5, 5.41) is 12.6. The third kappa shape index (κ3) is 2.86. The van der Waals surface area contributed by atoms with E-state index >= 15 is 0 Å². The molecule has 0 saturated carbocycles.